The number of aryl methyl sites for hydroxylation is 7. The van der Waals surface area contributed by atoms with Gasteiger partial charge in [-0.1, -0.05) is 179 Å². The SMILES string of the molecule is CCCC[C@H](C)c1nc(C)c(C(C)C)c(C(C)(C)C)n1.Cc1nc([C@@H](C)CCC(C)F)nc(C)c1C(C)C.Cc1nc([C@H](C)CCC(C)F)nc(C)c1C(C)C.Cc1nc([C@H](C)CCCF)nc(C(C)(C)C)c1C(C)C.Cc1nc([C@H](C)N(C)C)nc(C(C)(C)C)c1C(C)C. The van der Waals surface area contributed by atoms with E-state index in [1.54, 1.807) is 13.8 Å². The van der Waals surface area contributed by atoms with Gasteiger partial charge in [-0.15, -0.1) is 0 Å². The summed E-state index contributed by atoms with van der Waals surface area (Å²) in [5.41, 5.74) is 17.7. The summed E-state index contributed by atoms with van der Waals surface area (Å²) in [6.45, 7) is 72.2. The molecule has 0 radical (unpaired) electrons. The molecule has 540 valence electrons. The second-order valence-corrected chi connectivity index (χ2v) is 32.6. The van der Waals surface area contributed by atoms with E-state index in [-0.39, 0.29) is 46.7 Å². The Balaban J connectivity index is 0.000000594. The molecule has 0 aliphatic heterocycles. The molecule has 0 fully saturated rings. The van der Waals surface area contributed by atoms with E-state index in [9.17, 15) is 13.2 Å². The highest BCUT2D eigenvalue weighted by atomic mass is 19.1. The molecule has 5 heterocycles. The van der Waals surface area contributed by atoms with Crippen molar-refractivity contribution in [3.8, 4) is 0 Å². The van der Waals surface area contributed by atoms with Crippen LogP contribution in [0.3, 0.4) is 0 Å². The molecule has 5 aromatic rings. The van der Waals surface area contributed by atoms with Gasteiger partial charge in [-0.05, 0) is 186 Å². The molecule has 2 unspecified atom stereocenters. The third-order valence-corrected chi connectivity index (χ3v) is 17.8. The number of alkyl halides is 3. The van der Waals surface area contributed by atoms with Crippen molar-refractivity contribution >= 4 is 0 Å². The van der Waals surface area contributed by atoms with Crippen LogP contribution in [-0.4, -0.2) is 87.9 Å². The fourth-order valence-electron chi connectivity index (χ4n) is 12.4. The van der Waals surface area contributed by atoms with Gasteiger partial charge in [0.2, 0.25) is 0 Å². The molecule has 5 rings (SSSR count). The molecule has 0 spiro atoms. The van der Waals surface area contributed by atoms with Crippen LogP contribution in [0.5, 0.6) is 0 Å². The third-order valence-electron chi connectivity index (χ3n) is 17.8. The van der Waals surface area contributed by atoms with Crippen molar-refractivity contribution in [2.45, 2.75) is 381 Å². The molecule has 0 amide bonds. The zero-order valence-electron chi connectivity index (χ0n) is 67.6. The van der Waals surface area contributed by atoms with E-state index in [0.717, 1.165) is 88.2 Å². The van der Waals surface area contributed by atoms with Crippen LogP contribution in [-0.2, 0) is 16.2 Å². The van der Waals surface area contributed by atoms with Crippen molar-refractivity contribution in [3.63, 3.8) is 0 Å². The summed E-state index contributed by atoms with van der Waals surface area (Å²) in [5.74, 6) is 7.89. The topological polar surface area (TPSA) is 132 Å². The lowest BCUT2D eigenvalue weighted by Gasteiger charge is -2.27. The lowest BCUT2D eigenvalue weighted by Crippen LogP contribution is -2.25. The Morgan fingerprint density at radius 1 is 0.316 bits per heavy atom. The van der Waals surface area contributed by atoms with Crippen molar-refractivity contribution in [1.29, 1.82) is 0 Å². The van der Waals surface area contributed by atoms with Gasteiger partial charge in [0.05, 0.1) is 42.1 Å². The molecular formula is C81H140F3N11. The first-order valence-electron chi connectivity index (χ1n) is 36.4. The number of halogens is 3. The predicted molar refractivity (Wildman–Crippen MR) is 400 cm³/mol. The zero-order chi connectivity index (χ0) is 73.7. The van der Waals surface area contributed by atoms with Crippen LogP contribution in [0.25, 0.3) is 0 Å². The van der Waals surface area contributed by atoms with Gasteiger partial charge in [0.1, 0.15) is 29.1 Å². The van der Waals surface area contributed by atoms with E-state index in [2.05, 4.69) is 238 Å². The fraction of sp³-hybridized carbons (Fsp3) is 0.753. The van der Waals surface area contributed by atoms with Gasteiger partial charge in [0.15, 0.2) is 0 Å². The van der Waals surface area contributed by atoms with Crippen molar-refractivity contribution < 1.29 is 13.2 Å². The van der Waals surface area contributed by atoms with E-state index in [4.69, 9.17) is 24.9 Å². The van der Waals surface area contributed by atoms with Crippen LogP contribution < -0.4 is 0 Å². The van der Waals surface area contributed by atoms with E-state index in [1.165, 1.54) is 64.2 Å². The summed E-state index contributed by atoms with van der Waals surface area (Å²) in [4.78, 5) is 49.5. The minimum Gasteiger partial charge on any atom is -0.300 e. The van der Waals surface area contributed by atoms with Gasteiger partial charge in [0.25, 0.3) is 0 Å². The first-order valence-corrected chi connectivity index (χ1v) is 36.4. The number of hydrogen-bond acceptors (Lipinski definition) is 11. The molecule has 0 saturated carbocycles. The number of unbranched alkanes of at least 4 members (excludes halogenated alkanes) is 1. The Morgan fingerprint density at radius 3 is 0.758 bits per heavy atom. The summed E-state index contributed by atoms with van der Waals surface area (Å²) in [6, 6.07) is 0.237. The normalized spacial score (nSPS) is 14.3. The Labute approximate surface area is 580 Å². The van der Waals surface area contributed by atoms with Crippen LogP contribution in [0.1, 0.15) is 418 Å². The highest BCUT2D eigenvalue weighted by Crippen LogP contribution is 2.36. The van der Waals surface area contributed by atoms with E-state index >= 15 is 0 Å². The first-order chi connectivity index (χ1) is 43.6. The van der Waals surface area contributed by atoms with Gasteiger partial charge < -0.3 is 0 Å². The fourth-order valence-corrected chi connectivity index (χ4v) is 12.4. The van der Waals surface area contributed by atoms with Crippen LogP contribution in [0.4, 0.5) is 13.2 Å². The quantitative estimate of drug-likeness (QED) is 0.0619. The predicted octanol–water partition coefficient (Wildman–Crippen LogP) is 23.3. The van der Waals surface area contributed by atoms with E-state index in [0.29, 0.717) is 54.8 Å². The maximum absolute atomic E-state index is 12.9. The van der Waals surface area contributed by atoms with Gasteiger partial charge in [-0.25, -0.2) is 58.6 Å². The molecule has 7 atom stereocenters. The molecule has 0 saturated heterocycles. The monoisotopic (exact) mass is 1320 g/mol. The largest absolute Gasteiger partial charge is 0.300 e. The van der Waals surface area contributed by atoms with E-state index < -0.39 is 12.3 Å². The van der Waals surface area contributed by atoms with Gasteiger partial charge in [0, 0.05) is 79.8 Å². The van der Waals surface area contributed by atoms with Crippen molar-refractivity contribution in [3.05, 3.63) is 114 Å². The Bertz CT molecular complexity index is 2880. The maximum atomic E-state index is 12.9. The minimum atomic E-state index is -0.746. The molecular weight excluding hydrogens is 1180 g/mol. The highest BCUT2D eigenvalue weighted by Gasteiger charge is 2.29. The van der Waals surface area contributed by atoms with Crippen LogP contribution in [0.15, 0.2) is 0 Å². The first kappa shape index (κ1) is 88.2. The molecule has 0 N–H and O–H groups in total. The summed E-state index contributed by atoms with van der Waals surface area (Å²) >= 11 is 0. The standard InChI is InChI=1S/C18H32N2.C17H29FN2.C16H29N3.2C15H25FN2/c1-9-10-11-13(4)17-19-14(5)15(12(2)3)16(20-17)18(6,7)8;1-11(2)14-13(4)19-16(12(3)9-8-10-18)20-15(14)17(5,6)7;1-10(2)13-11(3)17-15(12(4)19(8)9)18-14(13)16(5,6)7;2*1-9(2)14-12(5)17-15(18-13(14)6)10(3)7-8-11(4)16/h12-13H,9-11H2,1-8H3;11-12H,8-10H2,1-7H3;10,12H,1-9H3;2*9-11H,7-8H2,1-6H3/t13-;2*12-;2*10-,11?/m01010/s1. The minimum absolute atomic E-state index is 0.00185. The lowest BCUT2D eigenvalue weighted by molar-refractivity contribution is 0.306. The number of nitrogens with zero attached hydrogens (tertiary/aromatic N) is 11. The van der Waals surface area contributed by atoms with Crippen molar-refractivity contribution in [2.75, 3.05) is 20.8 Å². The summed E-state index contributed by atoms with van der Waals surface area (Å²) in [6.07, 6.45) is 6.33. The Hall–Kier alpha value is -4.85. The number of aromatic nitrogens is 10. The summed E-state index contributed by atoms with van der Waals surface area (Å²) in [5, 5.41) is 0. The average molecular weight is 1330 g/mol. The molecule has 14 heteroatoms. The summed E-state index contributed by atoms with van der Waals surface area (Å²) < 4.78 is 38.1. The Morgan fingerprint density at radius 2 is 0.537 bits per heavy atom. The molecule has 0 aliphatic rings. The summed E-state index contributed by atoms with van der Waals surface area (Å²) in [7, 11) is 4.13. The average Bonchev–Trinajstić information content (AvgIpc) is 0.809. The molecule has 0 aliphatic carbocycles. The smallest absolute Gasteiger partial charge is 0.145 e. The van der Waals surface area contributed by atoms with Gasteiger partial charge in [-0.3, -0.25) is 9.29 Å². The molecule has 95 heavy (non-hydrogen) atoms. The van der Waals surface area contributed by atoms with Crippen molar-refractivity contribution in [2.24, 2.45) is 0 Å². The highest BCUT2D eigenvalue weighted by molar-refractivity contribution is 5.36. The second kappa shape index (κ2) is 39.7. The van der Waals surface area contributed by atoms with Crippen molar-refractivity contribution in [1.82, 2.24) is 54.7 Å². The number of rotatable bonds is 23. The van der Waals surface area contributed by atoms with Gasteiger partial charge >= 0.3 is 0 Å². The van der Waals surface area contributed by atoms with Crippen LogP contribution in [0.2, 0.25) is 0 Å². The third kappa shape index (κ3) is 28.1. The van der Waals surface area contributed by atoms with Crippen LogP contribution >= 0.6 is 0 Å². The van der Waals surface area contributed by atoms with Gasteiger partial charge in [-0.2, -0.15) is 0 Å². The lowest BCUT2D eigenvalue weighted by atomic mass is 9.84. The maximum Gasteiger partial charge on any atom is 0.145 e. The molecule has 0 bridgehead atoms. The molecule has 0 aromatic carbocycles. The van der Waals surface area contributed by atoms with Crippen LogP contribution in [0, 0.1) is 48.5 Å². The second-order valence-electron chi connectivity index (χ2n) is 32.6. The van der Waals surface area contributed by atoms with E-state index in [1.807, 2.05) is 27.7 Å². The Kier molecular flexibility index (Phi) is 36.8. The molecule has 5 aromatic heterocycles. The molecule has 11 nitrogen and oxygen atoms in total. The number of hydrogen-bond donors (Lipinski definition) is 0. The zero-order valence-corrected chi connectivity index (χ0v) is 67.6.